The predicted octanol–water partition coefficient (Wildman–Crippen LogP) is 5.24. The number of phenolic OH excluding ortho intramolecular Hbond substituents is 1. The highest BCUT2D eigenvalue weighted by Crippen LogP contribution is 2.48. The van der Waals surface area contributed by atoms with Gasteiger partial charge in [-0.05, 0) is 26.0 Å². The fourth-order valence-electron chi connectivity index (χ4n) is 3.28. The summed E-state index contributed by atoms with van der Waals surface area (Å²) in [4.78, 5) is 2.27. The van der Waals surface area contributed by atoms with E-state index >= 15 is 0 Å². The number of nitrogens with zero attached hydrogens (tertiary/aromatic N) is 1. The number of anilines is 3. The van der Waals surface area contributed by atoms with Crippen molar-refractivity contribution in [1.82, 2.24) is 0 Å². The molecule has 0 saturated carbocycles. The quantitative estimate of drug-likeness (QED) is 0.507. The molecule has 0 unspecified atom stereocenters. The van der Waals surface area contributed by atoms with E-state index in [-0.39, 0.29) is 5.75 Å². The SMILES string of the molecule is CCN(CC)c1ccc2c(c1)Oc1cc(O)c3ccccc3c1N2. The number of fused-ring (bicyclic) bond motifs is 4. The average molecular weight is 320 g/mol. The second-order valence-electron chi connectivity index (χ2n) is 5.89. The zero-order valence-corrected chi connectivity index (χ0v) is 13.8. The standard InChI is InChI=1S/C20H20N2O2/c1-3-22(4-2)13-9-10-16-18(11-13)24-19-12-17(23)14-7-5-6-8-15(14)20(19)21-16/h5-12,21,23H,3-4H2,1-2H3. The van der Waals surface area contributed by atoms with Crippen molar-refractivity contribution in [2.45, 2.75) is 13.8 Å². The van der Waals surface area contributed by atoms with Crippen molar-refractivity contribution in [3.05, 3.63) is 48.5 Å². The van der Waals surface area contributed by atoms with Crippen molar-refractivity contribution in [3.63, 3.8) is 0 Å². The van der Waals surface area contributed by atoms with Crippen LogP contribution in [0.5, 0.6) is 17.2 Å². The summed E-state index contributed by atoms with van der Waals surface area (Å²) in [5.41, 5.74) is 2.97. The Morgan fingerprint density at radius 2 is 1.71 bits per heavy atom. The minimum absolute atomic E-state index is 0.231. The van der Waals surface area contributed by atoms with Gasteiger partial charge in [0, 0.05) is 41.7 Å². The monoisotopic (exact) mass is 320 g/mol. The van der Waals surface area contributed by atoms with E-state index in [2.05, 4.69) is 30.1 Å². The van der Waals surface area contributed by atoms with E-state index in [1.807, 2.05) is 36.4 Å². The first-order valence-corrected chi connectivity index (χ1v) is 8.29. The Morgan fingerprint density at radius 3 is 2.46 bits per heavy atom. The molecule has 1 aliphatic heterocycles. The van der Waals surface area contributed by atoms with Crippen LogP contribution in [0.25, 0.3) is 10.8 Å². The van der Waals surface area contributed by atoms with Crippen LogP contribution in [0.15, 0.2) is 48.5 Å². The summed E-state index contributed by atoms with van der Waals surface area (Å²) in [6, 6.07) is 15.7. The van der Waals surface area contributed by atoms with E-state index in [9.17, 15) is 5.11 Å². The Bertz CT molecular complexity index is 917. The first kappa shape index (κ1) is 14.7. The summed E-state index contributed by atoms with van der Waals surface area (Å²) in [5, 5.41) is 15.5. The number of rotatable bonds is 3. The van der Waals surface area contributed by atoms with Crippen molar-refractivity contribution in [2.75, 3.05) is 23.3 Å². The average Bonchev–Trinajstić information content (AvgIpc) is 2.62. The molecule has 3 aromatic carbocycles. The highest BCUT2D eigenvalue weighted by molar-refractivity contribution is 6.03. The van der Waals surface area contributed by atoms with Gasteiger partial charge in [-0.3, -0.25) is 0 Å². The molecule has 0 atom stereocenters. The molecule has 0 saturated heterocycles. The van der Waals surface area contributed by atoms with E-state index in [0.717, 1.165) is 46.7 Å². The van der Waals surface area contributed by atoms with Crippen LogP contribution in [0, 0.1) is 0 Å². The Labute approximate surface area is 141 Å². The maximum Gasteiger partial charge on any atom is 0.155 e. The Morgan fingerprint density at radius 1 is 0.958 bits per heavy atom. The fraction of sp³-hybridized carbons (Fsp3) is 0.200. The van der Waals surface area contributed by atoms with Gasteiger partial charge in [0.1, 0.15) is 5.75 Å². The topological polar surface area (TPSA) is 44.7 Å². The molecule has 2 N–H and O–H groups in total. The number of hydrogen-bond donors (Lipinski definition) is 2. The van der Waals surface area contributed by atoms with Crippen molar-refractivity contribution < 1.29 is 9.84 Å². The van der Waals surface area contributed by atoms with Crippen molar-refractivity contribution >= 4 is 27.8 Å². The summed E-state index contributed by atoms with van der Waals surface area (Å²) in [5.74, 6) is 1.66. The second-order valence-corrected chi connectivity index (χ2v) is 5.89. The zero-order valence-electron chi connectivity index (χ0n) is 13.8. The Balaban J connectivity index is 1.81. The van der Waals surface area contributed by atoms with Crippen LogP contribution in [0.3, 0.4) is 0 Å². The molecule has 1 aliphatic rings. The molecule has 4 rings (SSSR count). The smallest absolute Gasteiger partial charge is 0.155 e. The number of hydrogen-bond acceptors (Lipinski definition) is 4. The van der Waals surface area contributed by atoms with Gasteiger partial charge in [0.15, 0.2) is 11.5 Å². The first-order valence-electron chi connectivity index (χ1n) is 8.29. The van der Waals surface area contributed by atoms with Crippen molar-refractivity contribution in [3.8, 4) is 17.2 Å². The number of aromatic hydroxyl groups is 1. The van der Waals surface area contributed by atoms with Gasteiger partial charge in [-0.1, -0.05) is 24.3 Å². The maximum absolute atomic E-state index is 10.3. The summed E-state index contributed by atoms with van der Waals surface area (Å²) in [6.45, 7) is 6.18. The van der Waals surface area contributed by atoms with Crippen LogP contribution in [0.4, 0.5) is 17.1 Å². The van der Waals surface area contributed by atoms with Crippen LogP contribution in [0.1, 0.15) is 13.8 Å². The molecule has 4 nitrogen and oxygen atoms in total. The normalized spacial score (nSPS) is 12.1. The van der Waals surface area contributed by atoms with Crippen LogP contribution >= 0.6 is 0 Å². The van der Waals surface area contributed by atoms with Gasteiger partial charge in [-0.2, -0.15) is 0 Å². The van der Waals surface area contributed by atoms with Crippen molar-refractivity contribution in [1.29, 1.82) is 0 Å². The molecule has 0 spiro atoms. The third-order valence-corrected chi connectivity index (χ3v) is 4.56. The molecule has 0 fully saturated rings. The zero-order chi connectivity index (χ0) is 16.7. The predicted molar refractivity (Wildman–Crippen MR) is 99.0 cm³/mol. The summed E-state index contributed by atoms with van der Waals surface area (Å²) in [6.07, 6.45) is 0. The maximum atomic E-state index is 10.3. The summed E-state index contributed by atoms with van der Waals surface area (Å²) in [7, 11) is 0. The lowest BCUT2D eigenvalue weighted by atomic mass is 10.1. The molecule has 3 aromatic rings. The van der Waals surface area contributed by atoms with E-state index < -0.39 is 0 Å². The van der Waals surface area contributed by atoms with Crippen molar-refractivity contribution in [2.24, 2.45) is 0 Å². The number of nitrogens with one attached hydrogen (secondary N) is 1. The largest absolute Gasteiger partial charge is 0.507 e. The highest BCUT2D eigenvalue weighted by atomic mass is 16.5. The number of benzene rings is 3. The van der Waals surface area contributed by atoms with Gasteiger partial charge in [0.05, 0.1) is 11.4 Å². The van der Waals surface area contributed by atoms with E-state index in [0.29, 0.717) is 5.75 Å². The first-order chi connectivity index (χ1) is 11.7. The summed E-state index contributed by atoms with van der Waals surface area (Å²) >= 11 is 0. The fourth-order valence-corrected chi connectivity index (χ4v) is 3.28. The third-order valence-electron chi connectivity index (χ3n) is 4.56. The molecule has 122 valence electrons. The summed E-state index contributed by atoms with van der Waals surface area (Å²) < 4.78 is 6.10. The van der Waals surface area contributed by atoms with Crippen LogP contribution < -0.4 is 15.0 Å². The minimum Gasteiger partial charge on any atom is -0.507 e. The third kappa shape index (κ3) is 2.22. The van der Waals surface area contributed by atoms with E-state index in [1.54, 1.807) is 6.07 Å². The van der Waals surface area contributed by atoms with Gasteiger partial charge >= 0.3 is 0 Å². The van der Waals surface area contributed by atoms with Gasteiger partial charge < -0.3 is 20.1 Å². The lowest BCUT2D eigenvalue weighted by Gasteiger charge is -2.27. The molecule has 0 aliphatic carbocycles. The Kier molecular flexibility index (Phi) is 3.45. The molecule has 0 bridgehead atoms. The number of ether oxygens (including phenoxy) is 1. The second kappa shape index (κ2) is 5.64. The molecule has 0 amide bonds. The van der Waals surface area contributed by atoms with Gasteiger partial charge in [-0.15, -0.1) is 0 Å². The minimum atomic E-state index is 0.231. The molecule has 4 heteroatoms. The van der Waals surface area contributed by atoms with E-state index in [4.69, 9.17) is 4.74 Å². The lowest BCUT2D eigenvalue weighted by molar-refractivity contribution is 0.459. The molecular weight excluding hydrogens is 300 g/mol. The van der Waals surface area contributed by atoms with Gasteiger partial charge in [0.2, 0.25) is 0 Å². The molecule has 24 heavy (non-hydrogen) atoms. The van der Waals surface area contributed by atoms with Gasteiger partial charge in [-0.25, -0.2) is 0 Å². The molecular formula is C20H20N2O2. The lowest BCUT2D eigenvalue weighted by Crippen LogP contribution is -2.21. The molecule has 0 radical (unpaired) electrons. The van der Waals surface area contributed by atoms with Crippen LogP contribution in [-0.2, 0) is 0 Å². The molecule has 1 heterocycles. The van der Waals surface area contributed by atoms with Crippen LogP contribution in [-0.4, -0.2) is 18.2 Å². The highest BCUT2D eigenvalue weighted by Gasteiger charge is 2.21. The Hall–Kier alpha value is -2.88. The van der Waals surface area contributed by atoms with Gasteiger partial charge in [0.25, 0.3) is 0 Å². The molecule has 0 aromatic heterocycles. The van der Waals surface area contributed by atoms with E-state index in [1.165, 1.54) is 0 Å². The van der Waals surface area contributed by atoms with Crippen LogP contribution in [0.2, 0.25) is 0 Å². The number of phenols is 1.